The van der Waals surface area contributed by atoms with Gasteiger partial charge in [0.2, 0.25) is 0 Å². The minimum atomic E-state index is 0.0889. The molecule has 0 radical (unpaired) electrons. The van der Waals surface area contributed by atoms with E-state index in [1.165, 1.54) is 49.9 Å². The number of aryl methyl sites for hydroxylation is 2. The molecule has 0 spiro atoms. The van der Waals surface area contributed by atoms with Crippen LogP contribution in [0.25, 0.3) is 21.8 Å². The number of nitrogens with one attached hydrogen (secondary N) is 2. The van der Waals surface area contributed by atoms with Gasteiger partial charge in [0.05, 0.1) is 0 Å². The van der Waals surface area contributed by atoms with Crippen molar-refractivity contribution in [3.8, 4) is 0 Å². The van der Waals surface area contributed by atoms with Gasteiger partial charge < -0.3 is 9.97 Å². The third-order valence-electron chi connectivity index (χ3n) is 5.65. The molecule has 138 valence electrons. The Hall–Kier alpha value is -2.97. The van der Waals surface area contributed by atoms with Gasteiger partial charge in [-0.25, -0.2) is 0 Å². The summed E-state index contributed by atoms with van der Waals surface area (Å²) >= 11 is 6.41. The number of para-hydroxylation sites is 2. The van der Waals surface area contributed by atoms with Crippen LogP contribution in [0.5, 0.6) is 0 Å². The lowest BCUT2D eigenvalue weighted by molar-refractivity contribution is 0.962. The maximum absolute atomic E-state index is 6.41. The highest BCUT2D eigenvalue weighted by molar-refractivity contribution is 6.30. The summed E-state index contributed by atoms with van der Waals surface area (Å²) in [7, 11) is 0. The van der Waals surface area contributed by atoms with Crippen molar-refractivity contribution in [2.24, 2.45) is 0 Å². The summed E-state index contributed by atoms with van der Waals surface area (Å²) < 4.78 is 0. The molecule has 0 unspecified atom stereocenters. The standard InChI is InChI=1S/C25H21ClN2/c1-15-23(19-10-3-5-12-21(19)27-15)25(17-8-7-9-18(26)14-17)24-16(2)28-22-13-6-4-11-20(22)24/h3-14,25,27-28H,1-2H3. The van der Waals surface area contributed by atoms with Crippen LogP contribution in [0, 0.1) is 13.8 Å². The van der Waals surface area contributed by atoms with E-state index in [0.29, 0.717) is 0 Å². The van der Waals surface area contributed by atoms with Crippen LogP contribution in [0.4, 0.5) is 0 Å². The molecule has 2 heterocycles. The second-order valence-electron chi connectivity index (χ2n) is 7.41. The van der Waals surface area contributed by atoms with E-state index in [2.05, 4.69) is 84.5 Å². The molecule has 0 aliphatic carbocycles. The van der Waals surface area contributed by atoms with Crippen molar-refractivity contribution in [1.82, 2.24) is 9.97 Å². The smallest absolute Gasteiger partial charge is 0.0459 e. The summed E-state index contributed by atoms with van der Waals surface area (Å²) in [6, 6.07) is 25.3. The third kappa shape index (κ3) is 2.64. The lowest BCUT2D eigenvalue weighted by Crippen LogP contribution is -2.06. The molecule has 0 aliphatic rings. The molecule has 0 fully saturated rings. The highest BCUT2D eigenvalue weighted by Gasteiger charge is 2.27. The molecule has 2 nitrogen and oxygen atoms in total. The highest BCUT2D eigenvalue weighted by Crippen LogP contribution is 2.42. The first-order chi connectivity index (χ1) is 13.6. The fourth-order valence-corrected chi connectivity index (χ4v) is 4.70. The monoisotopic (exact) mass is 384 g/mol. The fraction of sp³-hybridized carbons (Fsp3) is 0.120. The number of H-pyrrole nitrogens is 2. The van der Waals surface area contributed by atoms with Crippen LogP contribution in [-0.2, 0) is 0 Å². The minimum Gasteiger partial charge on any atom is -0.358 e. The van der Waals surface area contributed by atoms with Crippen molar-refractivity contribution in [2.45, 2.75) is 19.8 Å². The predicted octanol–water partition coefficient (Wildman–Crippen LogP) is 7.10. The minimum absolute atomic E-state index is 0.0889. The van der Waals surface area contributed by atoms with Crippen molar-refractivity contribution < 1.29 is 0 Å². The van der Waals surface area contributed by atoms with E-state index in [0.717, 1.165) is 5.02 Å². The first-order valence-corrected chi connectivity index (χ1v) is 9.91. The molecule has 0 saturated carbocycles. The number of aromatic amines is 2. The van der Waals surface area contributed by atoms with Crippen LogP contribution in [0.3, 0.4) is 0 Å². The largest absolute Gasteiger partial charge is 0.358 e. The first kappa shape index (κ1) is 17.2. The van der Waals surface area contributed by atoms with E-state index < -0.39 is 0 Å². The maximum atomic E-state index is 6.41. The predicted molar refractivity (Wildman–Crippen MR) is 118 cm³/mol. The number of benzene rings is 3. The first-order valence-electron chi connectivity index (χ1n) is 9.53. The Bertz CT molecular complexity index is 1230. The van der Waals surface area contributed by atoms with Crippen molar-refractivity contribution >= 4 is 33.4 Å². The van der Waals surface area contributed by atoms with Gasteiger partial charge in [-0.05, 0) is 54.8 Å². The zero-order valence-corrected chi connectivity index (χ0v) is 16.6. The highest BCUT2D eigenvalue weighted by atomic mass is 35.5. The van der Waals surface area contributed by atoms with E-state index in [-0.39, 0.29) is 5.92 Å². The van der Waals surface area contributed by atoms with E-state index in [1.54, 1.807) is 0 Å². The Labute approximate surface area is 169 Å². The molecular formula is C25H21ClN2. The van der Waals surface area contributed by atoms with Crippen LogP contribution in [0.1, 0.15) is 34.0 Å². The lowest BCUT2D eigenvalue weighted by atomic mass is 9.82. The SMILES string of the molecule is Cc1[nH]c2ccccc2c1C(c1cccc(Cl)c1)c1c(C)[nH]c2ccccc12. The molecule has 0 bridgehead atoms. The van der Waals surface area contributed by atoms with Crippen LogP contribution >= 0.6 is 11.6 Å². The topological polar surface area (TPSA) is 31.6 Å². The summed E-state index contributed by atoms with van der Waals surface area (Å²) in [5.74, 6) is 0.0889. The number of aromatic nitrogens is 2. The molecule has 28 heavy (non-hydrogen) atoms. The zero-order valence-electron chi connectivity index (χ0n) is 15.9. The molecule has 0 atom stereocenters. The number of hydrogen-bond donors (Lipinski definition) is 2. The Kier molecular flexibility index (Phi) is 4.03. The van der Waals surface area contributed by atoms with Crippen molar-refractivity contribution in [2.75, 3.05) is 0 Å². The normalized spacial score (nSPS) is 11.7. The van der Waals surface area contributed by atoms with E-state index >= 15 is 0 Å². The molecule has 3 heteroatoms. The Morgan fingerprint density at radius 2 is 1.21 bits per heavy atom. The number of halogens is 1. The lowest BCUT2D eigenvalue weighted by Gasteiger charge is -2.20. The van der Waals surface area contributed by atoms with Crippen molar-refractivity contribution in [3.05, 3.63) is 106 Å². The van der Waals surface area contributed by atoms with Gasteiger partial charge in [0, 0.05) is 44.1 Å². The third-order valence-corrected chi connectivity index (χ3v) is 5.88. The Morgan fingerprint density at radius 1 is 0.679 bits per heavy atom. The van der Waals surface area contributed by atoms with Gasteiger partial charge in [-0.3, -0.25) is 0 Å². The molecule has 2 N–H and O–H groups in total. The Balaban J connectivity index is 1.88. The zero-order chi connectivity index (χ0) is 19.3. The summed E-state index contributed by atoms with van der Waals surface area (Å²) in [6.45, 7) is 4.33. The molecule has 2 aromatic heterocycles. The molecule has 0 amide bonds. The van der Waals surface area contributed by atoms with Gasteiger partial charge in [-0.1, -0.05) is 60.1 Å². The van der Waals surface area contributed by atoms with E-state index in [9.17, 15) is 0 Å². The van der Waals surface area contributed by atoms with Gasteiger partial charge in [-0.15, -0.1) is 0 Å². The van der Waals surface area contributed by atoms with Gasteiger partial charge >= 0.3 is 0 Å². The Morgan fingerprint density at radius 3 is 1.75 bits per heavy atom. The van der Waals surface area contributed by atoms with Crippen molar-refractivity contribution in [1.29, 1.82) is 0 Å². The van der Waals surface area contributed by atoms with Gasteiger partial charge in [0.1, 0.15) is 0 Å². The summed E-state index contributed by atoms with van der Waals surface area (Å²) in [6.07, 6.45) is 0. The van der Waals surface area contributed by atoms with E-state index in [4.69, 9.17) is 11.6 Å². The average molecular weight is 385 g/mol. The molecule has 0 aliphatic heterocycles. The van der Waals surface area contributed by atoms with E-state index in [1.807, 2.05) is 12.1 Å². The summed E-state index contributed by atoms with van der Waals surface area (Å²) in [4.78, 5) is 7.16. The van der Waals surface area contributed by atoms with Crippen LogP contribution in [-0.4, -0.2) is 9.97 Å². The van der Waals surface area contributed by atoms with Crippen LogP contribution in [0.15, 0.2) is 72.8 Å². The summed E-state index contributed by atoms with van der Waals surface area (Å²) in [5, 5.41) is 3.28. The fourth-order valence-electron chi connectivity index (χ4n) is 4.50. The molecule has 0 saturated heterocycles. The van der Waals surface area contributed by atoms with Gasteiger partial charge in [-0.2, -0.15) is 0 Å². The number of fused-ring (bicyclic) bond motifs is 2. The number of rotatable bonds is 3. The van der Waals surface area contributed by atoms with Crippen LogP contribution < -0.4 is 0 Å². The molecule has 5 aromatic rings. The molecular weight excluding hydrogens is 364 g/mol. The second kappa shape index (κ2) is 6.57. The summed E-state index contributed by atoms with van der Waals surface area (Å²) in [5.41, 5.74) is 8.54. The van der Waals surface area contributed by atoms with Gasteiger partial charge in [0.25, 0.3) is 0 Å². The molecule has 5 rings (SSSR count). The maximum Gasteiger partial charge on any atom is 0.0459 e. The van der Waals surface area contributed by atoms with Gasteiger partial charge in [0.15, 0.2) is 0 Å². The number of hydrogen-bond acceptors (Lipinski definition) is 0. The second-order valence-corrected chi connectivity index (χ2v) is 7.84. The van der Waals surface area contributed by atoms with Crippen LogP contribution in [0.2, 0.25) is 5.02 Å². The quantitative estimate of drug-likeness (QED) is 0.332. The molecule has 3 aromatic carbocycles. The van der Waals surface area contributed by atoms with Crippen molar-refractivity contribution in [3.63, 3.8) is 0 Å². The average Bonchev–Trinajstić information content (AvgIpc) is 3.19.